The van der Waals surface area contributed by atoms with E-state index in [1.807, 2.05) is 53.2 Å². The number of amides is 2. The summed E-state index contributed by atoms with van der Waals surface area (Å²) in [5.41, 5.74) is 3.45. The Bertz CT molecular complexity index is 1280. The molecule has 2 aromatic heterocycles. The molecule has 7 nitrogen and oxygen atoms in total. The smallest absolute Gasteiger partial charge is 0.255 e. The van der Waals surface area contributed by atoms with Gasteiger partial charge in [0.2, 0.25) is 5.91 Å². The molecule has 0 bridgehead atoms. The van der Waals surface area contributed by atoms with Crippen LogP contribution in [0.3, 0.4) is 0 Å². The minimum Gasteiger partial charge on any atom is -0.487 e. The summed E-state index contributed by atoms with van der Waals surface area (Å²) < 4.78 is 7.81. The van der Waals surface area contributed by atoms with Crippen LogP contribution in [-0.4, -0.2) is 27.0 Å². The highest BCUT2D eigenvalue weighted by Gasteiger charge is 2.16. The van der Waals surface area contributed by atoms with Crippen LogP contribution in [0.1, 0.15) is 22.5 Å². The summed E-state index contributed by atoms with van der Waals surface area (Å²) in [6, 6.07) is 18.4. The molecule has 32 heavy (non-hydrogen) atoms. The molecular formula is C24H20N4O3S. The Labute approximate surface area is 188 Å². The number of rotatable bonds is 5. The fourth-order valence-electron chi connectivity index (χ4n) is 3.44. The summed E-state index contributed by atoms with van der Waals surface area (Å²) in [6.07, 6.45) is 4.33. The average molecular weight is 445 g/mol. The van der Waals surface area contributed by atoms with E-state index in [0.717, 1.165) is 22.0 Å². The predicted molar refractivity (Wildman–Crippen MR) is 124 cm³/mol. The summed E-state index contributed by atoms with van der Waals surface area (Å²) in [6.45, 7) is 0.321. The van der Waals surface area contributed by atoms with Gasteiger partial charge in [0.1, 0.15) is 18.0 Å². The van der Waals surface area contributed by atoms with E-state index in [4.69, 9.17) is 4.74 Å². The van der Waals surface area contributed by atoms with Crippen LogP contribution in [0.5, 0.6) is 5.75 Å². The monoisotopic (exact) mass is 444 g/mol. The minimum absolute atomic E-state index is 0.0377. The molecule has 0 atom stereocenters. The fraction of sp³-hybridized carbons (Fsp3) is 0.125. The second-order valence-electron chi connectivity index (χ2n) is 7.33. The lowest BCUT2D eigenvalue weighted by Gasteiger charge is -2.11. The normalized spacial score (nSPS) is 13.2. The molecule has 2 N–H and O–H groups in total. The van der Waals surface area contributed by atoms with Crippen LogP contribution >= 0.6 is 11.8 Å². The Morgan fingerprint density at radius 2 is 2.09 bits per heavy atom. The number of fused-ring (bicyclic) bond motifs is 2. The molecule has 0 radical (unpaired) electrons. The average Bonchev–Trinajstić information content (AvgIpc) is 3.12. The van der Waals surface area contributed by atoms with Crippen LogP contribution in [-0.2, 0) is 11.4 Å². The van der Waals surface area contributed by atoms with Crippen LogP contribution in [0.25, 0.3) is 5.65 Å². The Morgan fingerprint density at radius 1 is 1.16 bits per heavy atom. The number of hydrogen-bond donors (Lipinski definition) is 2. The maximum Gasteiger partial charge on any atom is 0.255 e. The summed E-state index contributed by atoms with van der Waals surface area (Å²) in [7, 11) is 0. The number of hydrogen-bond acceptors (Lipinski definition) is 5. The number of ether oxygens (including phenoxy) is 1. The molecule has 1 aliphatic heterocycles. The molecule has 0 saturated carbocycles. The first-order valence-corrected chi connectivity index (χ1v) is 11.2. The van der Waals surface area contributed by atoms with E-state index in [1.165, 1.54) is 0 Å². The van der Waals surface area contributed by atoms with Crippen molar-refractivity contribution in [2.24, 2.45) is 0 Å². The number of thioether (sulfide) groups is 1. The third-order valence-corrected chi connectivity index (χ3v) is 6.07. The van der Waals surface area contributed by atoms with Gasteiger partial charge >= 0.3 is 0 Å². The molecule has 0 fully saturated rings. The molecule has 0 saturated heterocycles. The minimum atomic E-state index is -0.256. The SMILES string of the molecule is O=C1CCSc2ccc(C(=O)Nc3cccc(OCc4cn5ccccc5n4)c3)cc2N1. The van der Waals surface area contributed by atoms with Gasteiger partial charge in [0.25, 0.3) is 5.91 Å². The number of carbonyl (C=O) groups excluding carboxylic acids is 2. The highest BCUT2D eigenvalue weighted by molar-refractivity contribution is 7.99. The van der Waals surface area contributed by atoms with Crippen molar-refractivity contribution in [3.63, 3.8) is 0 Å². The number of nitrogens with zero attached hydrogens (tertiary/aromatic N) is 2. The number of aromatic nitrogens is 2. The van der Waals surface area contributed by atoms with Crippen LogP contribution < -0.4 is 15.4 Å². The van der Waals surface area contributed by atoms with Crippen molar-refractivity contribution in [3.05, 3.63) is 84.3 Å². The van der Waals surface area contributed by atoms with Crippen LogP contribution in [0.4, 0.5) is 11.4 Å². The van der Waals surface area contributed by atoms with Crippen molar-refractivity contribution in [1.29, 1.82) is 0 Å². The summed E-state index contributed by atoms with van der Waals surface area (Å²) >= 11 is 1.61. The molecule has 4 aromatic rings. The summed E-state index contributed by atoms with van der Waals surface area (Å²) in [5.74, 6) is 1.06. The Balaban J connectivity index is 1.26. The van der Waals surface area contributed by atoms with Gasteiger partial charge in [-0.2, -0.15) is 0 Å². The van der Waals surface area contributed by atoms with E-state index in [0.29, 0.717) is 35.7 Å². The zero-order valence-corrected chi connectivity index (χ0v) is 17.9. The molecule has 160 valence electrons. The lowest BCUT2D eigenvalue weighted by molar-refractivity contribution is -0.115. The zero-order valence-electron chi connectivity index (χ0n) is 17.1. The molecule has 3 heterocycles. The van der Waals surface area contributed by atoms with Gasteiger partial charge < -0.3 is 19.8 Å². The zero-order chi connectivity index (χ0) is 21.9. The molecule has 2 aromatic carbocycles. The molecule has 8 heteroatoms. The van der Waals surface area contributed by atoms with Crippen LogP contribution in [0, 0.1) is 0 Å². The van der Waals surface area contributed by atoms with E-state index in [-0.39, 0.29) is 11.8 Å². The lowest BCUT2D eigenvalue weighted by Crippen LogP contribution is -2.14. The number of pyridine rings is 1. The van der Waals surface area contributed by atoms with Crippen molar-refractivity contribution >= 4 is 40.6 Å². The first-order chi connectivity index (χ1) is 15.6. The van der Waals surface area contributed by atoms with E-state index in [2.05, 4.69) is 15.6 Å². The molecule has 0 unspecified atom stereocenters. The van der Waals surface area contributed by atoms with Gasteiger partial charge in [0, 0.05) is 46.8 Å². The second kappa shape index (κ2) is 8.76. The third-order valence-electron chi connectivity index (χ3n) is 5.00. The second-order valence-corrected chi connectivity index (χ2v) is 8.46. The van der Waals surface area contributed by atoms with Crippen molar-refractivity contribution in [3.8, 4) is 5.75 Å². The van der Waals surface area contributed by atoms with Gasteiger partial charge in [-0.3, -0.25) is 9.59 Å². The van der Waals surface area contributed by atoms with Crippen molar-refractivity contribution in [2.45, 2.75) is 17.9 Å². The number of anilines is 2. The molecule has 0 spiro atoms. The molecule has 5 rings (SSSR count). The quantitative estimate of drug-likeness (QED) is 0.470. The van der Waals surface area contributed by atoms with Gasteiger partial charge in [-0.05, 0) is 42.5 Å². The Morgan fingerprint density at radius 3 is 3.00 bits per heavy atom. The molecule has 0 aliphatic carbocycles. The first kappa shape index (κ1) is 20.1. The number of benzene rings is 2. The number of imidazole rings is 1. The van der Waals surface area contributed by atoms with E-state index in [1.54, 1.807) is 36.0 Å². The van der Waals surface area contributed by atoms with E-state index < -0.39 is 0 Å². The number of nitrogens with one attached hydrogen (secondary N) is 2. The van der Waals surface area contributed by atoms with Crippen molar-refractivity contribution in [2.75, 3.05) is 16.4 Å². The van der Waals surface area contributed by atoms with Crippen LogP contribution in [0.2, 0.25) is 0 Å². The largest absolute Gasteiger partial charge is 0.487 e. The molecule has 2 amide bonds. The van der Waals surface area contributed by atoms with E-state index >= 15 is 0 Å². The van der Waals surface area contributed by atoms with Crippen LogP contribution in [0.15, 0.2) is 78.0 Å². The van der Waals surface area contributed by atoms with Crippen molar-refractivity contribution in [1.82, 2.24) is 9.38 Å². The molecular weight excluding hydrogens is 424 g/mol. The highest BCUT2D eigenvalue weighted by Crippen LogP contribution is 2.31. The Hall–Kier alpha value is -3.78. The fourth-order valence-corrected chi connectivity index (χ4v) is 4.38. The van der Waals surface area contributed by atoms with Gasteiger partial charge in [0.05, 0.1) is 11.4 Å². The van der Waals surface area contributed by atoms with E-state index in [9.17, 15) is 9.59 Å². The lowest BCUT2D eigenvalue weighted by atomic mass is 10.1. The van der Waals surface area contributed by atoms with Crippen molar-refractivity contribution < 1.29 is 14.3 Å². The Kier molecular flexibility index (Phi) is 5.51. The summed E-state index contributed by atoms with van der Waals surface area (Å²) in [4.78, 5) is 30.1. The first-order valence-electron chi connectivity index (χ1n) is 10.2. The maximum atomic E-state index is 12.8. The van der Waals surface area contributed by atoms with Gasteiger partial charge in [-0.1, -0.05) is 12.1 Å². The molecule has 1 aliphatic rings. The predicted octanol–water partition coefficient (Wildman–Crippen LogP) is 4.60. The number of carbonyl (C=O) groups is 2. The van der Waals surface area contributed by atoms with Gasteiger partial charge in [-0.15, -0.1) is 11.8 Å². The summed E-state index contributed by atoms with van der Waals surface area (Å²) in [5, 5.41) is 5.76. The van der Waals surface area contributed by atoms with Gasteiger partial charge in [0.15, 0.2) is 0 Å². The van der Waals surface area contributed by atoms with Gasteiger partial charge in [-0.25, -0.2) is 4.98 Å². The highest BCUT2D eigenvalue weighted by atomic mass is 32.2. The standard InChI is InChI=1S/C24H20N4O3S/c29-23-9-11-32-21-8-7-16(12-20(21)27-23)24(30)26-17-4-3-5-19(13-17)31-15-18-14-28-10-2-1-6-22(28)25-18/h1-8,10,12-14H,9,11,15H2,(H,26,30)(H,27,29). The third kappa shape index (κ3) is 4.45. The maximum absolute atomic E-state index is 12.8. The topological polar surface area (TPSA) is 84.7 Å².